The average Bonchev–Trinajstić information content (AvgIpc) is 0. The standard InChI is InChI=1S/4BH4.ClH.Na.Ti/h4*1H4;1H;;/q4*-1;;+1;+4/p-1. The predicted octanol–water partition coefficient (Wildman–Crippen LogP) is -11.8. The van der Waals surface area contributed by atoms with Crippen LogP contribution in [0, 0.1) is 0 Å². The molecule has 0 aliphatic heterocycles. The largest absolute Gasteiger partial charge is 4.00 e. The van der Waals surface area contributed by atoms with E-state index < -0.39 is 0 Å². The molecule has 0 aliphatic carbocycles. The molecule has 0 aromatic heterocycles. The van der Waals surface area contributed by atoms with Gasteiger partial charge in [-0.1, -0.05) is 33.7 Å². The van der Waals surface area contributed by atoms with Crippen LogP contribution >= 0.6 is 0 Å². The summed E-state index contributed by atoms with van der Waals surface area (Å²) >= 11 is 0. The van der Waals surface area contributed by atoms with Crippen LogP contribution in [-0.2, 0) is 21.7 Å². The van der Waals surface area contributed by atoms with Crippen molar-refractivity contribution in [2.75, 3.05) is 0 Å². The monoisotopic (exact) mass is 166 g/mol. The molecule has 0 unspecified atom stereocenters. The van der Waals surface area contributed by atoms with Crippen molar-refractivity contribution in [1.82, 2.24) is 0 Å². The Morgan fingerprint density at radius 3 is 0.571 bits per heavy atom. The van der Waals surface area contributed by atoms with E-state index in [4.69, 9.17) is 0 Å². The van der Waals surface area contributed by atoms with E-state index in [0.29, 0.717) is 0 Å². The van der Waals surface area contributed by atoms with E-state index in [2.05, 4.69) is 0 Å². The molecule has 0 rings (SSSR count). The second-order valence-corrected chi connectivity index (χ2v) is 0. The molecule has 0 aliphatic rings. The molecule has 0 N–H and O–H groups in total. The topological polar surface area (TPSA) is 0 Å². The van der Waals surface area contributed by atoms with Gasteiger partial charge in [-0.3, -0.25) is 0 Å². The molecular weight excluding hydrogens is 150 g/mol. The molecule has 0 spiro atoms. The summed E-state index contributed by atoms with van der Waals surface area (Å²) in [6, 6.07) is 0. The van der Waals surface area contributed by atoms with Crippen LogP contribution < -0.4 is 42.0 Å². The Balaban J connectivity index is 0. The first-order valence-corrected chi connectivity index (χ1v) is 0. The second kappa shape index (κ2) is 85.1. The Bertz CT molecular complexity index is 11.7. The summed E-state index contributed by atoms with van der Waals surface area (Å²) in [5, 5.41) is 0. The van der Waals surface area contributed by atoms with Crippen molar-refractivity contribution in [2.24, 2.45) is 0 Å². The molecular formula is H16B4ClNaTi. The van der Waals surface area contributed by atoms with Crippen LogP contribution in [0.2, 0.25) is 0 Å². The molecule has 0 aromatic rings. The van der Waals surface area contributed by atoms with Crippen LogP contribution in [-0.4, -0.2) is 33.7 Å². The third-order valence-electron chi connectivity index (χ3n) is 0. The summed E-state index contributed by atoms with van der Waals surface area (Å²) in [6.45, 7) is 0. The minimum absolute atomic E-state index is 0. The maximum Gasteiger partial charge on any atom is 4.00 e. The Morgan fingerprint density at radius 2 is 0.571 bits per heavy atom. The molecule has 0 fully saturated rings. The van der Waals surface area contributed by atoms with Gasteiger partial charge >= 0.3 is 51.3 Å². The van der Waals surface area contributed by atoms with Gasteiger partial charge < -0.3 is 12.4 Å². The molecule has 0 amide bonds. The third kappa shape index (κ3) is 63.3. The van der Waals surface area contributed by atoms with E-state index in [1.807, 2.05) is 0 Å². The molecule has 0 saturated heterocycles. The first kappa shape index (κ1) is 123. The van der Waals surface area contributed by atoms with Crippen molar-refractivity contribution in [3.8, 4) is 0 Å². The van der Waals surface area contributed by atoms with E-state index in [9.17, 15) is 0 Å². The van der Waals surface area contributed by atoms with Gasteiger partial charge in [0, 0.05) is 0 Å². The fraction of sp³-hybridized carbons (Fsp3) is 0. The molecule has 40 valence electrons. The summed E-state index contributed by atoms with van der Waals surface area (Å²) in [5.41, 5.74) is 0. The summed E-state index contributed by atoms with van der Waals surface area (Å²) in [4.78, 5) is 0. The van der Waals surface area contributed by atoms with Crippen LogP contribution in [0.4, 0.5) is 0 Å². The molecule has 0 nitrogen and oxygen atoms in total. The zero-order chi connectivity index (χ0) is 0. The van der Waals surface area contributed by atoms with Gasteiger partial charge in [0.05, 0.1) is 0 Å². The van der Waals surface area contributed by atoms with Crippen molar-refractivity contribution < 1.29 is 63.7 Å². The number of hydrogen-bond acceptors (Lipinski definition) is 0. The minimum Gasteiger partial charge on any atom is -1.00 e. The van der Waals surface area contributed by atoms with E-state index in [1.54, 1.807) is 0 Å². The van der Waals surface area contributed by atoms with Crippen LogP contribution in [0.1, 0.15) is 0 Å². The van der Waals surface area contributed by atoms with Crippen LogP contribution in [0.3, 0.4) is 0 Å². The molecule has 7 heteroatoms. The first-order chi connectivity index (χ1) is 0. The first-order valence-electron chi connectivity index (χ1n) is 0. The van der Waals surface area contributed by atoms with Gasteiger partial charge in [0.2, 0.25) is 0 Å². The van der Waals surface area contributed by atoms with Crippen LogP contribution in [0.15, 0.2) is 0 Å². The Kier molecular flexibility index (Phi) is 1500. The van der Waals surface area contributed by atoms with Crippen molar-refractivity contribution in [2.45, 2.75) is 0 Å². The van der Waals surface area contributed by atoms with E-state index in [1.165, 1.54) is 0 Å². The molecule has 0 heterocycles. The second-order valence-electron chi connectivity index (χ2n) is 0. The van der Waals surface area contributed by atoms with E-state index in [-0.39, 0.29) is 97.3 Å². The van der Waals surface area contributed by atoms with Crippen molar-refractivity contribution in [3.05, 3.63) is 0 Å². The van der Waals surface area contributed by atoms with E-state index >= 15 is 0 Å². The Morgan fingerprint density at radius 1 is 0.571 bits per heavy atom. The summed E-state index contributed by atoms with van der Waals surface area (Å²) < 4.78 is 0. The van der Waals surface area contributed by atoms with Gasteiger partial charge in [0.1, 0.15) is 0 Å². The molecule has 0 saturated carbocycles. The molecule has 0 atom stereocenters. The summed E-state index contributed by atoms with van der Waals surface area (Å²) in [7, 11) is 0. The Labute approximate surface area is 96.2 Å². The Hall–Kier alpha value is 2.26. The summed E-state index contributed by atoms with van der Waals surface area (Å²) in [6.07, 6.45) is 0. The summed E-state index contributed by atoms with van der Waals surface area (Å²) in [5.74, 6) is 0. The third-order valence-corrected chi connectivity index (χ3v) is 0. The smallest absolute Gasteiger partial charge is 1.00 e. The van der Waals surface area contributed by atoms with Gasteiger partial charge in [0.15, 0.2) is 0 Å². The number of hydrogen-bond donors (Lipinski definition) is 0. The van der Waals surface area contributed by atoms with Gasteiger partial charge in [0.25, 0.3) is 0 Å². The molecule has 0 radical (unpaired) electrons. The fourth-order valence-corrected chi connectivity index (χ4v) is 0. The zero-order valence-corrected chi connectivity index (χ0v) is 6.20. The molecule has 7 heavy (non-hydrogen) atoms. The number of rotatable bonds is 0. The van der Waals surface area contributed by atoms with Crippen LogP contribution in [0.25, 0.3) is 0 Å². The predicted molar refractivity (Wildman–Crippen MR) is 45.3 cm³/mol. The van der Waals surface area contributed by atoms with Gasteiger partial charge in [-0.2, -0.15) is 0 Å². The SMILES string of the molecule is [BH4-].[BH4-].[BH4-].[BH4-].[Cl-].[Na+].[Ti+4]. The molecule has 0 bridgehead atoms. The zero-order valence-electron chi connectivity index (χ0n) is 1.88. The van der Waals surface area contributed by atoms with Crippen molar-refractivity contribution in [3.63, 3.8) is 0 Å². The van der Waals surface area contributed by atoms with Crippen LogP contribution in [0.5, 0.6) is 0 Å². The minimum atomic E-state index is 0. The van der Waals surface area contributed by atoms with Gasteiger partial charge in [-0.15, -0.1) is 0 Å². The van der Waals surface area contributed by atoms with Gasteiger partial charge in [-0.05, 0) is 0 Å². The maximum atomic E-state index is 0. The average molecular weight is 166 g/mol. The fourth-order valence-electron chi connectivity index (χ4n) is 0. The quantitative estimate of drug-likeness (QED) is 0.313. The maximum absolute atomic E-state index is 0. The molecule has 0 aromatic carbocycles. The number of halogens is 1. The van der Waals surface area contributed by atoms with Gasteiger partial charge in [-0.25, -0.2) is 0 Å². The van der Waals surface area contributed by atoms with E-state index in [0.717, 1.165) is 0 Å². The normalized spacial score (nSPS) is 0. The van der Waals surface area contributed by atoms with Crippen molar-refractivity contribution in [1.29, 1.82) is 0 Å². The van der Waals surface area contributed by atoms with Crippen molar-refractivity contribution >= 4 is 33.7 Å².